The van der Waals surface area contributed by atoms with Gasteiger partial charge in [0.1, 0.15) is 12.7 Å². The zero-order chi connectivity index (χ0) is 8.97. The molecule has 0 spiro atoms. The maximum absolute atomic E-state index is 10.4. The largest absolute Gasteiger partial charge is 0.696 e. The molecule has 0 atom stereocenters. The first-order valence-corrected chi connectivity index (χ1v) is 3.62. The SMILES string of the molecule is Cc1cccc(NN=[N+](C)[O-])c1. The van der Waals surface area contributed by atoms with Gasteiger partial charge in [-0.3, -0.25) is 0 Å². The molecule has 0 heterocycles. The van der Waals surface area contributed by atoms with E-state index in [0.29, 0.717) is 4.86 Å². The molecular formula is C8H11N3O. The van der Waals surface area contributed by atoms with E-state index in [4.69, 9.17) is 0 Å². The monoisotopic (exact) mass is 165 g/mol. The standard InChI is InChI=1S/C8H11N3O/c1-7-4-3-5-8(6-7)9-10-11(2)12/h3-6,9H,1-2H3. The van der Waals surface area contributed by atoms with E-state index in [1.165, 1.54) is 7.05 Å². The normalized spacial score (nSPS) is 11.3. The molecular weight excluding hydrogens is 154 g/mol. The maximum Gasteiger partial charge on any atom is 0.147 e. The van der Waals surface area contributed by atoms with Gasteiger partial charge in [0, 0.05) is 0 Å². The molecule has 0 bridgehead atoms. The number of nitrogens with zero attached hydrogens (tertiary/aromatic N) is 2. The van der Waals surface area contributed by atoms with Gasteiger partial charge >= 0.3 is 0 Å². The molecule has 4 heteroatoms. The van der Waals surface area contributed by atoms with E-state index in [1.54, 1.807) is 0 Å². The minimum Gasteiger partial charge on any atom is -0.696 e. The number of anilines is 1. The second kappa shape index (κ2) is 3.71. The van der Waals surface area contributed by atoms with Crippen molar-refractivity contribution < 1.29 is 4.86 Å². The Hall–Kier alpha value is -1.58. The molecule has 1 N–H and O–H groups in total. The molecule has 0 saturated heterocycles. The van der Waals surface area contributed by atoms with Crippen LogP contribution in [-0.4, -0.2) is 11.9 Å². The number of hydrogen-bond donors (Lipinski definition) is 1. The predicted molar refractivity (Wildman–Crippen MR) is 46.8 cm³/mol. The number of nitrogens with one attached hydrogen (secondary N) is 1. The van der Waals surface area contributed by atoms with Crippen LogP contribution in [0.1, 0.15) is 5.56 Å². The van der Waals surface area contributed by atoms with E-state index in [9.17, 15) is 5.21 Å². The summed E-state index contributed by atoms with van der Waals surface area (Å²) < 4.78 is 0. The number of hydroxylamine groups is 1. The Bertz CT molecular complexity index is 292. The topological polar surface area (TPSA) is 50.5 Å². The highest BCUT2D eigenvalue weighted by atomic mass is 16.5. The second-order valence-corrected chi connectivity index (χ2v) is 2.55. The second-order valence-electron chi connectivity index (χ2n) is 2.55. The molecule has 1 aromatic rings. The molecule has 12 heavy (non-hydrogen) atoms. The Labute approximate surface area is 71.1 Å². The van der Waals surface area contributed by atoms with Crippen LogP contribution in [0.3, 0.4) is 0 Å². The van der Waals surface area contributed by atoms with Crippen molar-refractivity contribution in [1.29, 1.82) is 0 Å². The predicted octanol–water partition coefficient (Wildman–Crippen LogP) is 1.91. The molecule has 0 unspecified atom stereocenters. The first kappa shape index (κ1) is 8.52. The van der Waals surface area contributed by atoms with Crippen molar-refractivity contribution in [2.45, 2.75) is 6.92 Å². The Balaban J connectivity index is 2.70. The van der Waals surface area contributed by atoms with Crippen molar-refractivity contribution in [3.05, 3.63) is 35.0 Å². The average Bonchev–Trinajstić information content (AvgIpc) is 2.01. The van der Waals surface area contributed by atoms with Gasteiger partial charge in [0.2, 0.25) is 0 Å². The van der Waals surface area contributed by atoms with E-state index in [0.717, 1.165) is 11.3 Å². The summed E-state index contributed by atoms with van der Waals surface area (Å²) in [6.07, 6.45) is 0. The molecule has 0 aromatic heterocycles. The van der Waals surface area contributed by atoms with Gasteiger partial charge in [-0.2, -0.15) is 4.86 Å². The van der Waals surface area contributed by atoms with Gasteiger partial charge < -0.3 is 5.21 Å². The third kappa shape index (κ3) is 2.57. The summed E-state index contributed by atoms with van der Waals surface area (Å²) in [5.41, 5.74) is 4.57. The molecule has 0 radical (unpaired) electrons. The van der Waals surface area contributed by atoms with E-state index < -0.39 is 0 Å². The summed E-state index contributed by atoms with van der Waals surface area (Å²) in [6, 6.07) is 7.64. The molecule has 0 aliphatic heterocycles. The third-order valence-corrected chi connectivity index (χ3v) is 1.34. The van der Waals surface area contributed by atoms with Crippen molar-refractivity contribution in [3.8, 4) is 0 Å². The Morgan fingerprint density at radius 1 is 1.50 bits per heavy atom. The lowest BCUT2D eigenvalue weighted by Gasteiger charge is -1.98. The highest BCUT2D eigenvalue weighted by Gasteiger charge is 1.93. The van der Waals surface area contributed by atoms with Crippen molar-refractivity contribution in [2.75, 3.05) is 12.5 Å². The Morgan fingerprint density at radius 3 is 2.83 bits per heavy atom. The lowest BCUT2D eigenvalue weighted by molar-refractivity contribution is -0.497. The molecule has 0 saturated carbocycles. The van der Waals surface area contributed by atoms with E-state index >= 15 is 0 Å². The fourth-order valence-corrected chi connectivity index (χ4v) is 0.843. The fourth-order valence-electron chi connectivity index (χ4n) is 0.843. The Morgan fingerprint density at radius 2 is 2.25 bits per heavy atom. The highest BCUT2D eigenvalue weighted by Crippen LogP contribution is 2.08. The van der Waals surface area contributed by atoms with Crippen LogP contribution in [0.25, 0.3) is 0 Å². The quantitative estimate of drug-likeness (QED) is 0.413. The van der Waals surface area contributed by atoms with Gasteiger partial charge in [-0.15, -0.1) is 5.43 Å². The zero-order valence-electron chi connectivity index (χ0n) is 7.11. The summed E-state index contributed by atoms with van der Waals surface area (Å²) in [4.78, 5) is 0.475. The minimum atomic E-state index is 0.475. The van der Waals surface area contributed by atoms with Crippen molar-refractivity contribution in [3.63, 3.8) is 0 Å². The average molecular weight is 165 g/mol. The minimum absolute atomic E-state index is 0.475. The lowest BCUT2D eigenvalue weighted by atomic mass is 10.2. The summed E-state index contributed by atoms with van der Waals surface area (Å²) in [5.74, 6) is 0. The van der Waals surface area contributed by atoms with Gasteiger partial charge in [0.25, 0.3) is 0 Å². The van der Waals surface area contributed by atoms with E-state index in [1.807, 2.05) is 31.2 Å². The number of hydrogen-bond acceptors (Lipinski definition) is 2. The first-order valence-electron chi connectivity index (χ1n) is 3.62. The van der Waals surface area contributed by atoms with Crippen LogP contribution in [0, 0.1) is 12.1 Å². The molecule has 4 nitrogen and oxygen atoms in total. The van der Waals surface area contributed by atoms with Crippen LogP contribution in [-0.2, 0) is 0 Å². The first-order chi connectivity index (χ1) is 5.68. The van der Waals surface area contributed by atoms with Gasteiger partial charge in [-0.1, -0.05) is 12.1 Å². The van der Waals surface area contributed by atoms with Crippen LogP contribution in [0.4, 0.5) is 5.69 Å². The smallest absolute Gasteiger partial charge is 0.147 e. The molecule has 0 fully saturated rings. The van der Waals surface area contributed by atoms with Crippen LogP contribution >= 0.6 is 0 Å². The van der Waals surface area contributed by atoms with Crippen LogP contribution in [0.5, 0.6) is 0 Å². The number of benzene rings is 1. The van der Waals surface area contributed by atoms with Gasteiger partial charge in [-0.05, 0) is 24.6 Å². The molecule has 0 aliphatic rings. The molecule has 1 aromatic carbocycles. The van der Waals surface area contributed by atoms with Gasteiger partial charge in [-0.25, -0.2) is 0 Å². The molecule has 1 rings (SSSR count). The van der Waals surface area contributed by atoms with Crippen LogP contribution < -0.4 is 5.43 Å². The summed E-state index contributed by atoms with van der Waals surface area (Å²) in [6.45, 7) is 1.98. The molecule has 0 amide bonds. The van der Waals surface area contributed by atoms with Crippen LogP contribution in [0.15, 0.2) is 29.5 Å². The zero-order valence-corrected chi connectivity index (χ0v) is 7.11. The lowest BCUT2D eigenvalue weighted by Crippen LogP contribution is -1.96. The number of aryl methyl sites for hydroxylation is 1. The third-order valence-electron chi connectivity index (χ3n) is 1.34. The highest BCUT2D eigenvalue weighted by molar-refractivity contribution is 5.44. The summed E-state index contributed by atoms with van der Waals surface area (Å²) in [7, 11) is 1.32. The van der Waals surface area contributed by atoms with Crippen molar-refractivity contribution >= 4 is 5.69 Å². The van der Waals surface area contributed by atoms with Gasteiger partial charge in [0.05, 0.1) is 5.22 Å². The molecule has 64 valence electrons. The summed E-state index contributed by atoms with van der Waals surface area (Å²) in [5, 5.41) is 13.9. The van der Waals surface area contributed by atoms with Crippen molar-refractivity contribution in [2.24, 2.45) is 5.22 Å². The van der Waals surface area contributed by atoms with E-state index in [-0.39, 0.29) is 0 Å². The fraction of sp³-hybridized carbons (Fsp3) is 0.250. The van der Waals surface area contributed by atoms with Gasteiger partial charge in [0.15, 0.2) is 0 Å². The molecule has 0 aliphatic carbocycles. The maximum atomic E-state index is 10.4. The van der Waals surface area contributed by atoms with Crippen LogP contribution in [0.2, 0.25) is 0 Å². The summed E-state index contributed by atoms with van der Waals surface area (Å²) >= 11 is 0. The Kier molecular flexibility index (Phi) is 2.63. The number of rotatable bonds is 2. The van der Waals surface area contributed by atoms with Crippen molar-refractivity contribution in [1.82, 2.24) is 0 Å². The van der Waals surface area contributed by atoms with E-state index in [2.05, 4.69) is 10.6 Å².